The first-order valence-corrected chi connectivity index (χ1v) is 9.48. The molecule has 0 fully saturated rings. The van der Waals surface area contributed by atoms with Gasteiger partial charge in [-0.3, -0.25) is 9.97 Å². The fourth-order valence-corrected chi connectivity index (χ4v) is 2.88. The van der Waals surface area contributed by atoms with E-state index in [1.54, 1.807) is 31.0 Å². The number of nitrogens with zero attached hydrogens (tertiary/aromatic N) is 4. The van der Waals surface area contributed by atoms with Crippen molar-refractivity contribution < 1.29 is 20.1 Å². The van der Waals surface area contributed by atoms with Crippen LogP contribution in [0.4, 0.5) is 0 Å². The van der Waals surface area contributed by atoms with Gasteiger partial charge < -0.3 is 9.97 Å². The molecule has 5 heteroatoms. The average molecular weight is 579 g/mol. The maximum absolute atomic E-state index is 4.43. The van der Waals surface area contributed by atoms with Crippen molar-refractivity contribution in [1.82, 2.24) is 19.9 Å². The van der Waals surface area contributed by atoms with Crippen molar-refractivity contribution in [1.29, 1.82) is 0 Å². The van der Waals surface area contributed by atoms with Crippen molar-refractivity contribution in [2.75, 3.05) is 0 Å². The summed E-state index contributed by atoms with van der Waals surface area (Å²) in [6.45, 7) is 0. The minimum absolute atomic E-state index is 0. The second-order valence-corrected chi connectivity index (χ2v) is 6.26. The number of rotatable bonds is 3. The van der Waals surface area contributed by atoms with E-state index in [0.29, 0.717) is 0 Å². The summed E-state index contributed by atoms with van der Waals surface area (Å²) in [5.41, 5.74) is 5.62. The van der Waals surface area contributed by atoms with E-state index < -0.39 is 0 Å². The molecule has 0 amide bonds. The fourth-order valence-electron chi connectivity index (χ4n) is 2.88. The van der Waals surface area contributed by atoms with E-state index in [0.717, 1.165) is 33.8 Å². The molecule has 5 rings (SSSR count). The zero-order chi connectivity index (χ0) is 20.4. The second kappa shape index (κ2) is 11.6. The molecule has 4 nitrogen and oxygen atoms in total. The van der Waals surface area contributed by atoms with Crippen molar-refractivity contribution in [3.8, 4) is 33.8 Å². The zero-order valence-electron chi connectivity index (χ0n) is 16.5. The Balaban J connectivity index is 0.000000183. The van der Waals surface area contributed by atoms with E-state index in [1.165, 1.54) is 0 Å². The van der Waals surface area contributed by atoms with Gasteiger partial charge in [0.2, 0.25) is 0 Å². The van der Waals surface area contributed by atoms with E-state index in [4.69, 9.17) is 0 Å². The molecule has 31 heavy (non-hydrogen) atoms. The van der Waals surface area contributed by atoms with E-state index >= 15 is 0 Å². The van der Waals surface area contributed by atoms with Gasteiger partial charge in [0.25, 0.3) is 0 Å². The molecule has 2 aromatic carbocycles. The normalized spacial score (nSPS) is 9.68. The van der Waals surface area contributed by atoms with Crippen LogP contribution in [0, 0.1) is 12.1 Å². The number of pyridine rings is 2. The van der Waals surface area contributed by atoms with Crippen LogP contribution in [0.2, 0.25) is 0 Å². The van der Waals surface area contributed by atoms with Crippen molar-refractivity contribution in [3.63, 3.8) is 0 Å². The second-order valence-electron chi connectivity index (χ2n) is 6.26. The molecule has 0 bridgehead atoms. The van der Waals surface area contributed by atoms with Gasteiger partial charge in [-0.15, -0.1) is 71.8 Å². The van der Waals surface area contributed by atoms with Gasteiger partial charge in [-0.25, -0.2) is 0 Å². The van der Waals surface area contributed by atoms with Gasteiger partial charge in [0, 0.05) is 44.9 Å². The van der Waals surface area contributed by atoms with Gasteiger partial charge in [0.05, 0.1) is 11.9 Å². The Bertz CT molecular complexity index is 1070. The van der Waals surface area contributed by atoms with Gasteiger partial charge >= 0.3 is 0 Å². The van der Waals surface area contributed by atoms with Crippen LogP contribution in [0.1, 0.15) is 0 Å². The first kappa shape index (κ1) is 22.2. The van der Waals surface area contributed by atoms with Crippen molar-refractivity contribution >= 4 is 0 Å². The monoisotopic (exact) mass is 579 g/mol. The number of benzene rings is 2. The van der Waals surface area contributed by atoms with Crippen LogP contribution in [0.5, 0.6) is 0 Å². The van der Waals surface area contributed by atoms with E-state index in [9.17, 15) is 0 Å². The average Bonchev–Trinajstić information content (AvgIpc) is 2.87. The van der Waals surface area contributed by atoms with Gasteiger partial charge in [-0.1, -0.05) is 18.2 Å². The Hall–Kier alpha value is -3.53. The van der Waals surface area contributed by atoms with Crippen LogP contribution in [0.25, 0.3) is 33.8 Å². The minimum atomic E-state index is 0. The van der Waals surface area contributed by atoms with Crippen LogP contribution in [0.15, 0.2) is 110 Å². The maximum atomic E-state index is 4.43. The molecule has 0 aliphatic carbocycles. The quantitative estimate of drug-likeness (QED) is 0.264. The molecule has 0 saturated heterocycles. The van der Waals surface area contributed by atoms with Crippen LogP contribution < -0.4 is 0 Å². The molecule has 3 heterocycles. The third kappa shape index (κ3) is 5.98. The van der Waals surface area contributed by atoms with Crippen LogP contribution in [-0.4, -0.2) is 19.9 Å². The molecule has 0 aliphatic heterocycles. The van der Waals surface area contributed by atoms with E-state index in [1.807, 2.05) is 78.9 Å². The molecule has 5 aromatic rings. The molecule has 0 spiro atoms. The summed E-state index contributed by atoms with van der Waals surface area (Å²) in [5.74, 6) is 0. The summed E-state index contributed by atoms with van der Waals surface area (Å²) < 4.78 is 0. The van der Waals surface area contributed by atoms with Crippen LogP contribution in [0.3, 0.4) is 0 Å². The standard InChI is InChI=1S/C15H10N3.C11H8N.Ir/c1-2-5-12(6-3-1)15-13(7-4-8-18-15)14-11-16-9-10-17-14;1-2-6-10(7-3-1)11-8-4-5-9-12-11;/h1-5,7-11H;1-6,8-9H;/q2*-1;. The third-order valence-electron chi connectivity index (χ3n) is 4.26. The van der Waals surface area contributed by atoms with Crippen LogP contribution >= 0.6 is 0 Å². The topological polar surface area (TPSA) is 51.6 Å². The smallest absolute Gasteiger partial charge is 0.0814 e. The summed E-state index contributed by atoms with van der Waals surface area (Å²) in [7, 11) is 0. The Morgan fingerprint density at radius 1 is 0.548 bits per heavy atom. The van der Waals surface area contributed by atoms with Gasteiger partial charge in [-0.2, -0.15) is 0 Å². The summed E-state index contributed by atoms with van der Waals surface area (Å²) in [5, 5.41) is 0. The first-order chi connectivity index (χ1) is 14.9. The zero-order valence-corrected chi connectivity index (χ0v) is 18.9. The SMILES string of the molecule is [Ir].[c-]1ccccc1-c1ccccn1.[c-]1ccccc1-c1ncccc1-c1cnccn1. The number of aromatic nitrogens is 4. The van der Waals surface area contributed by atoms with Crippen molar-refractivity contribution in [2.45, 2.75) is 0 Å². The van der Waals surface area contributed by atoms with E-state index in [2.05, 4.69) is 32.1 Å². The molecule has 0 unspecified atom stereocenters. The van der Waals surface area contributed by atoms with Gasteiger partial charge in [-0.05, 0) is 29.1 Å². The molecule has 153 valence electrons. The van der Waals surface area contributed by atoms with Crippen LogP contribution in [-0.2, 0) is 20.1 Å². The molecule has 3 aromatic heterocycles. The maximum Gasteiger partial charge on any atom is 0.0814 e. The first-order valence-electron chi connectivity index (χ1n) is 9.48. The Kier molecular flexibility index (Phi) is 8.29. The third-order valence-corrected chi connectivity index (χ3v) is 4.26. The molecular weight excluding hydrogens is 561 g/mol. The van der Waals surface area contributed by atoms with Gasteiger partial charge in [0.15, 0.2) is 0 Å². The molecule has 0 aliphatic rings. The number of hydrogen-bond donors (Lipinski definition) is 0. The molecule has 0 N–H and O–H groups in total. The molecule has 1 radical (unpaired) electrons. The Morgan fingerprint density at radius 3 is 1.90 bits per heavy atom. The molecular formula is C26H18IrN4-2. The fraction of sp³-hybridized carbons (Fsp3) is 0. The van der Waals surface area contributed by atoms with Gasteiger partial charge in [0.1, 0.15) is 0 Å². The van der Waals surface area contributed by atoms with Crippen molar-refractivity contribution in [2.24, 2.45) is 0 Å². The predicted molar refractivity (Wildman–Crippen MR) is 118 cm³/mol. The summed E-state index contributed by atoms with van der Waals surface area (Å²) >= 11 is 0. The Labute approximate surface area is 195 Å². The summed E-state index contributed by atoms with van der Waals surface area (Å²) in [6, 6.07) is 31.7. The summed E-state index contributed by atoms with van der Waals surface area (Å²) in [6.07, 6.45) is 8.64. The number of hydrogen-bond acceptors (Lipinski definition) is 4. The van der Waals surface area contributed by atoms with E-state index in [-0.39, 0.29) is 20.1 Å². The summed E-state index contributed by atoms with van der Waals surface area (Å²) in [4.78, 5) is 17.1. The largest absolute Gasteiger partial charge is 0.305 e. The predicted octanol–water partition coefficient (Wildman–Crippen LogP) is 5.55. The minimum Gasteiger partial charge on any atom is -0.305 e. The molecule has 0 saturated carbocycles. The van der Waals surface area contributed by atoms with Crippen molar-refractivity contribution in [3.05, 3.63) is 122 Å². The molecule has 0 atom stereocenters. The Morgan fingerprint density at radius 2 is 1.26 bits per heavy atom.